The standard InChI is InChI=1S/C16H20N2/c1-18(2)16-10-6-7-14(13-16)11-12-17-15-8-4-3-5-9-15/h3-10,13,17H,11-12H2,1-2H3. The van der Waals surface area contributed by atoms with Gasteiger partial charge in [-0.05, 0) is 36.2 Å². The molecule has 0 aromatic heterocycles. The minimum absolute atomic E-state index is 0.959. The van der Waals surface area contributed by atoms with Gasteiger partial charge in [0.1, 0.15) is 0 Å². The Morgan fingerprint density at radius 3 is 2.44 bits per heavy atom. The largest absolute Gasteiger partial charge is 0.385 e. The third-order valence-electron chi connectivity index (χ3n) is 2.94. The van der Waals surface area contributed by atoms with Crippen molar-refractivity contribution in [1.29, 1.82) is 0 Å². The van der Waals surface area contributed by atoms with Gasteiger partial charge in [0.25, 0.3) is 0 Å². The van der Waals surface area contributed by atoms with E-state index < -0.39 is 0 Å². The normalized spacial score (nSPS) is 10.1. The average molecular weight is 240 g/mol. The topological polar surface area (TPSA) is 15.3 Å². The average Bonchev–Trinajstić information content (AvgIpc) is 2.40. The molecule has 0 spiro atoms. The van der Waals surface area contributed by atoms with Crippen LogP contribution in [-0.4, -0.2) is 20.6 Å². The number of para-hydroxylation sites is 1. The number of nitrogens with zero attached hydrogens (tertiary/aromatic N) is 1. The van der Waals surface area contributed by atoms with Crippen LogP contribution in [-0.2, 0) is 6.42 Å². The Morgan fingerprint density at radius 1 is 0.944 bits per heavy atom. The molecule has 2 rings (SSSR count). The summed E-state index contributed by atoms with van der Waals surface area (Å²) in [7, 11) is 4.14. The molecule has 2 aromatic rings. The van der Waals surface area contributed by atoms with E-state index in [1.54, 1.807) is 0 Å². The summed E-state index contributed by atoms with van der Waals surface area (Å²) in [6.45, 7) is 0.959. The van der Waals surface area contributed by atoms with Gasteiger partial charge in [0.15, 0.2) is 0 Å². The Bertz CT molecular complexity index is 477. The maximum Gasteiger partial charge on any atom is 0.0363 e. The Morgan fingerprint density at radius 2 is 1.72 bits per heavy atom. The molecule has 0 aliphatic heterocycles. The molecule has 0 saturated heterocycles. The summed E-state index contributed by atoms with van der Waals surface area (Å²) in [6.07, 6.45) is 1.04. The minimum atomic E-state index is 0.959. The quantitative estimate of drug-likeness (QED) is 0.861. The zero-order valence-electron chi connectivity index (χ0n) is 11.1. The van der Waals surface area contributed by atoms with E-state index in [1.807, 2.05) is 6.07 Å². The lowest BCUT2D eigenvalue weighted by molar-refractivity contribution is 1.01. The molecule has 18 heavy (non-hydrogen) atoms. The molecule has 0 bridgehead atoms. The van der Waals surface area contributed by atoms with Crippen LogP contribution in [0.1, 0.15) is 5.56 Å². The molecule has 0 radical (unpaired) electrons. The smallest absolute Gasteiger partial charge is 0.0363 e. The van der Waals surface area contributed by atoms with Gasteiger partial charge in [-0.1, -0.05) is 30.3 Å². The number of anilines is 2. The van der Waals surface area contributed by atoms with Gasteiger partial charge < -0.3 is 10.2 Å². The highest BCUT2D eigenvalue weighted by Crippen LogP contribution is 2.14. The highest BCUT2D eigenvalue weighted by Gasteiger charge is 1.98. The first-order chi connectivity index (χ1) is 8.75. The summed E-state index contributed by atoms with van der Waals surface area (Å²) in [6, 6.07) is 19.0. The highest BCUT2D eigenvalue weighted by molar-refractivity contribution is 5.47. The lowest BCUT2D eigenvalue weighted by Crippen LogP contribution is -2.09. The van der Waals surface area contributed by atoms with Gasteiger partial charge in [0.05, 0.1) is 0 Å². The molecular weight excluding hydrogens is 220 g/mol. The fourth-order valence-corrected chi connectivity index (χ4v) is 1.90. The molecule has 94 valence electrons. The summed E-state index contributed by atoms with van der Waals surface area (Å²) < 4.78 is 0. The van der Waals surface area contributed by atoms with Crippen LogP contribution in [0.2, 0.25) is 0 Å². The zero-order valence-corrected chi connectivity index (χ0v) is 11.1. The van der Waals surface area contributed by atoms with Gasteiger partial charge >= 0.3 is 0 Å². The Balaban J connectivity index is 1.89. The van der Waals surface area contributed by atoms with Crippen molar-refractivity contribution in [2.75, 3.05) is 30.9 Å². The molecule has 0 saturated carbocycles. The third-order valence-corrected chi connectivity index (χ3v) is 2.94. The number of benzene rings is 2. The van der Waals surface area contributed by atoms with E-state index >= 15 is 0 Å². The van der Waals surface area contributed by atoms with Crippen LogP contribution in [0.25, 0.3) is 0 Å². The predicted octanol–water partition coefficient (Wildman–Crippen LogP) is 3.41. The van der Waals surface area contributed by atoms with Crippen LogP contribution in [0.5, 0.6) is 0 Å². The second-order valence-corrected chi connectivity index (χ2v) is 4.61. The van der Waals surface area contributed by atoms with Crippen molar-refractivity contribution in [1.82, 2.24) is 0 Å². The van der Waals surface area contributed by atoms with E-state index in [4.69, 9.17) is 0 Å². The maximum absolute atomic E-state index is 3.43. The van der Waals surface area contributed by atoms with Gasteiger partial charge in [0, 0.05) is 32.0 Å². The van der Waals surface area contributed by atoms with E-state index in [0.29, 0.717) is 0 Å². The molecule has 0 heterocycles. The molecule has 0 aliphatic carbocycles. The molecule has 1 N–H and O–H groups in total. The monoisotopic (exact) mass is 240 g/mol. The van der Waals surface area contributed by atoms with Crippen LogP contribution < -0.4 is 10.2 Å². The molecule has 0 atom stereocenters. The van der Waals surface area contributed by atoms with Crippen molar-refractivity contribution in [2.24, 2.45) is 0 Å². The van der Waals surface area contributed by atoms with E-state index in [-0.39, 0.29) is 0 Å². The van der Waals surface area contributed by atoms with E-state index in [9.17, 15) is 0 Å². The van der Waals surface area contributed by atoms with Crippen LogP contribution >= 0.6 is 0 Å². The summed E-state index contributed by atoms with van der Waals surface area (Å²) in [5, 5.41) is 3.43. The SMILES string of the molecule is CN(C)c1cccc(CCNc2ccccc2)c1. The first-order valence-corrected chi connectivity index (χ1v) is 6.31. The van der Waals surface area contributed by atoms with Crippen molar-refractivity contribution in [3.8, 4) is 0 Å². The van der Waals surface area contributed by atoms with Gasteiger partial charge in [-0.3, -0.25) is 0 Å². The molecule has 0 aliphatic rings. The van der Waals surface area contributed by atoms with Gasteiger partial charge in [-0.2, -0.15) is 0 Å². The zero-order chi connectivity index (χ0) is 12.8. The number of hydrogen-bond acceptors (Lipinski definition) is 2. The Hall–Kier alpha value is -1.96. The first kappa shape index (κ1) is 12.5. The summed E-state index contributed by atoms with van der Waals surface area (Å²) in [4.78, 5) is 2.13. The van der Waals surface area contributed by atoms with Gasteiger partial charge in [0.2, 0.25) is 0 Å². The van der Waals surface area contributed by atoms with Crippen LogP contribution in [0, 0.1) is 0 Å². The van der Waals surface area contributed by atoms with Crippen molar-refractivity contribution in [3.05, 3.63) is 60.2 Å². The molecule has 2 nitrogen and oxygen atoms in total. The number of rotatable bonds is 5. The third kappa shape index (κ3) is 3.52. The second-order valence-electron chi connectivity index (χ2n) is 4.61. The molecule has 2 aromatic carbocycles. The number of nitrogens with one attached hydrogen (secondary N) is 1. The minimum Gasteiger partial charge on any atom is -0.385 e. The summed E-state index contributed by atoms with van der Waals surface area (Å²) >= 11 is 0. The lowest BCUT2D eigenvalue weighted by Gasteiger charge is -2.13. The van der Waals surface area contributed by atoms with E-state index in [2.05, 4.69) is 72.8 Å². The lowest BCUT2D eigenvalue weighted by atomic mass is 10.1. The molecular formula is C16H20N2. The Labute approximate surface area is 109 Å². The number of hydrogen-bond donors (Lipinski definition) is 1. The highest BCUT2D eigenvalue weighted by atomic mass is 15.1. The molecule has 2 heteroatoms. The van der Waals surface area contributed by atoms with Crippen molar-refractivity contribution >= 4 is 11.4 Å². The fraction of sp³-hybridized carbons (Fsp3) is 0.250. The maximum atomic E-state index is 3.43. The van der Waals surface area contributed by atoms with Gasteiger partial charge in [-0.25, -0.2) is 0 Å². The van der Waals surface area contributed by atoms with E-state index in [1.165, 1.54) is 16.9 Å². The predicted molar refractivity (Wildman–Crippen MR) is 79.4 cm³/mol. The van der Waals surface area contributed by atoms with Crippen molar-refractivity contribution in [2.45, 2.75) is 6.42 Å². The van der Waals surface area contributed by atoms with Crippen molar-refractivity contribution in [3.63, 3.8) is 0 Å². The first-order valence-electron chi connectivity index (χ1n) is 6.31. The van der Waals surface area contributed by atoms with Gasteiger partial charge in [-0.15, -0.1) is 0 Å². The molecule has 0 fully saturated rings. The van der Waals surface area contributed by atoms with Crippen LogP contribution in [0.15, 0.2) is 54.6 Å². The summed E-state index contributed by atoms with van der Waals surface area (Å²) in [5.41, 5.74) is 3.80. The fourth-order valence-electron chi connectivity index (χ4n) is 1.90. The Kier molecular flexibility index (Phi) is 4.24. The second kappa shape index (κ2) is 6.10. The van der Waals surface area contributed by atoms with Crippen molar-refractivity contribution < 1.29 is 0 Å². The molecule has 0 unspecified atom stereocenters. The van der Waals surface area contributed by atoms with Crippen LogP contribution in [0.3, 0.4) is 0 Å². The molecule has 0 amide bonds. The van der Waals surface area contributed by atoms with E-state index in [0.717, 1.165) is 13.0 Å². The summed E-state index contributed by atoms with van der Waals surface area (Å²) in [5.74, 6) is 0. The van der Waals surface area contributed by atoms with Crippen LogP contribution in [0.4, 0.5) is 11.4 Å².